The monoisotopic (exact) mass is 302 g/mol. The fourth-order valence-corrected chi connectivity index (χ4v) is 2.42. The summed E-state index contributed by atoms with van der Waals surface area (Å²) in [5.74, 6) is -0.387. The summed E-state index contributed by atoms with van der Waals surface area (Å²) in [6.45, 7) is 7.91. The van der Waals surface area contributed by atoms with Crippen molar-refractivity contribution in [1.29, 1.82) is 0 Å². The lowest BCUT2D eigenvalue weighted by Crippen LogP contribution is -2.15. The van der Waals surface area contributed by atoms with Crippen molar-refractivity contribution < 1.29 is 9.72 Å². The fraction of sp³-hybridized carbons (Fsp3) is 0.333. The van der Waals surface area contributed by atoms with E-state index in [2.05, 4.69) is 10.4 Å². The highest BCUT2D eigenvalue weighted by Crippen LogP contribution is 2.26. The number of nitro benzene ring substituents is 1. The molecule has 0 saturated heterocycles. The van der Waals surface area contributed by atoms with Gasteiger partial charge in [-0.25, -0.2) is 0 Å². The molecular weight excluding hydrogens is 284 g/mol. The van der Waals surface area contributed by atoms with Gasteiger partial charge in [0, 0.05) is 18.3 Å². The molecule has 0 radical (unpaired) electrons. The third-order valence-corrected chi connectivity index (χ3v) is 3.51. The quantitative estimate of drug-likeness (QED) is 0.694. The smallest absolute Gasteiger partial charge is 0.293 e. The summed E-state index contributed by atoms with van der Waals surface area (Å²) >= 11 is 0. The van der Waals surface area contributed by atoms with Crippen LogP contribution in [0.3, 0.4) is 0 Å². The van der Waals surface area contributed by atoms with E-state index >= 15 is 0 Å². The molecule has 2 rings (SSSR count). The first-order valence-electron chi connectivity index (χ1n) is 6.95. The topological polar surface area (TPSA) is 90.1 Å². The van der Waals surface area contributed by atoms with Crippen LogP contribution in [0.5, 0.6) is 0 Å². The summed E-state index contributed by atoms with van der Waals surface area (Å²) in [7, 11) is 0. The highest BCUT2D eigenvalue weighted by Gasteiger charge is 2.21. The van der Waals surface area contributed by atoms with Crippen LogP contribution < -0.4 is 5.32 Å². The molecule has 7 heteroatoms. The lowest BCUT2D eigenvalue weighted by Gasteiger charge is -2.07. The third kappa shape index (κ3) is 2.83. The van der Waals surface area contributed by atoms with Gasteiger partial charge in [0.25, 0.3) is 11.6 Å². The van der Waals surface area contributed by atoms with Gasteiger partial charge in [0.05, 0.1) is 16.2 Å². The summed E-state index contributed by atoms with van der Waals surface area (Å²) in [6, 6.07) is 4.70. The number of aryl methyl sites for hydroxylation is 3. The van der Waals surface area contributed by atoms with Crippen LogP contribution in [0.25, 0.3) is 0 Å². The Morgan fingerprint density at radius 2 is 2.05 bits per heavy atom. The molecule has 0 aliphatic heterocycles. The Morgan fingerprint density at radius 3 is 2.59 bits per heavy atom. The van der Waals surface area contributed by atoms with Crippen molar-refractivity contribution in [3.05, 3.63) is 50.8 Å². The number of rotatable bonds is 4. The minimum Gasteiger partial charge on any atom is -0.316 e. The number of hydrogen-bond donors (Lipinski definition) is 1. The molecule has 0 saturated carbocycles. The van der Waals surface area contributed by atoms with Gasteiger partial charge in [-0.05, 0) is 39.3 Å². The molecule has 0 unspecified atom stereocenters. The van der Waals surface area contributed by atoms with E-state index in [1.165, 1.54) is 6.07 Å². The number of amides is 1. The van der Waals surface area contributed by atoms with Gasteiger partial charge in [0.1, 0.15) is 5.69 Å². The first-order valence-corrected chi connectivity index (χ1v) is 6.95. The summed E-state index contributed by atoms with van der Waals surface area (Å²) in [5, 5.41) is 18.0. The molecule has 1 aromatic heterocycles. The second kappa shape index (κ2) is 5.97. The molecular formula is C15H18N4O3. The van der Waals surface area contributed by atoms with Gasteiger partial charge < -0.3 is 5.32 Å². The van der Waals surface area contributed by atoms with Gasteiger partial charge in [-0.15, -0.1) is 0 Å². The Kier molecular flexibility index (Phi) is 4.25. The number of aromatic nitrogens is 2. The minimum atomic E-state index is -0.502. The number of nitrogens with zero attached hydrogens (tertiary/aromatic N) is 3. The molecule has 116 valence electrons. The van der Waals surface area contributed by atoms with Crippen molar-refractivity contribution in [2.45, 2.75) is 34.2 Å². The first-order chi connectivity index (χ1) is 10.3. The lowest BCUT2D eigenvalue weighted by atomic mass is 10.1. The van der Waals surface area contributed by atoms with Crippen LogP contribution in [0, 0.1) is 30.9 Å². The highest BCUT2D eigenvalue weighted by molar-refractivity contribution is 6.06. The van der Waals surface area contributed by atoms with E-state index in [1.807, 2.05) is 13.8 Å². The average molecular weight is 302 g/mol. The molecule has 7 nitrogen and oxygen atoms in total. The van der Waals surface area contributed by atoms with Crippen LogP contribution in [0.15, 0.2) is 18.2 Å². The number of nitrogens with one attached hydrogen (secondary N) is 1. The minimum absolute atomic E-state index is 0.119. The van der Waals surface area contributed by atoms with Crippen LogP contribution >= 0.6 is 0 Å². The van der Waals surface area contributed by atoms with Gasteiger partial charge in [-0.1, -0.05) is 6.07 Å². The van der Waals surface area contributed by atoms with Crippen LogP contribution in [0.1, 0.15) is 34.2 Å². The van der Waals surface area contributed by atoms with E-state index in [0.29, 0.717) is 17.8 Å². The SMILES string of the molecule is CCn1nc(C)c(C(=O)Nc2ccc(C)cc2[N+](=O)[O-])c1C. The number of hydrogen-bond acceptors (Lipinski definition) is 4. The molecule has 0 atom stereocenters. The lowest BCUT2D eigenvalue weighted by molar-refractivity contribution is -0.384. The molecule has 22 heavy (non-hydrogen) atoms. The summed E-state index contributed by atoms with van der Waals surface area (Å²) in [5.41, 5.74) is 2.63. The highest BCUT2D eigenvalue weighted by atomic mass is 16.6. The molecule has 0 aliphatic rings. The van der Waals surface area contributed by atoms with E-state index in [0.717, 1.165) is 11.3 Å². The van der Waals surface area contributed by atoms with Gasteiger partial charge in [0.2, 0.25) is 0 Å². The van der Waals surface area contributed by atoms with Crippen molar-refractivity contribution in [2.24, 2.45) is 0 Å². The first kappa shape index (κ1) is 15.7. The maximum Gasteiger partial charge on any atom is 0.293 e. The largest absolute Gasteiger partial charge is 0.316 e. The number of nitro groups is 1. The predicted molar refractivity (Wildman–Crippen MR) is 83.2 cm³/mol. The summed E-state index contributed by atoms with van der Waals surface area (Å²) < 4.78 is 1.73. The molecule has 1 amide bonds. The Bertz CT molecular complexity index is 749. The summed E-state index contributed by atoms with van der Waals surface area (Å²) in [4.78, 5) is 23.1. The Hall–Kier alpha value is -2.70. The zero-order valence-corrected chi connectivity index (χ0v) is 13.0. The van der Waals surface area contributed by atoms with Crippen LogP contribution in [-0.4, -0.2) is 20.6 Å². The van der Waals surface area contributed by atoms with E-state index < -0.39 is 4.92 Å². The van der Waals surface area contributed by atoms with Crippen molar-refractivity contribution >= 4 is 17.3 Å². The Labute approximate surface area is 128 Å². The van der Waals surface area contributed by atoms with Crippen molar-refractivity contribution in [2.75, 3.05) is 5.32 Å². The Balaban J connectivity index is 2.38. The van der Waals surface area contributed by atoms with Crippen molar-refractivity contribution in [1.82, 2.24) is 9.78 Å². The molecule has 0 fully saturated rings. The standard InChI is InChI=1S/C15H18N4O3/c1-5-18-11(4)14(10(3)17-18)15(20)16-12-7-6-9(2)8-13(12)19(21)22/h6-8H,5H2,1-4H3,(H,16,20). The molecule has 1 N–H and O–H groups in total. The van der Waals surface area contributed by atoms with Crippen molar-refractivity contribution in [3.63, 3.8) is 0 Å². The maximum absolute atomic E-state index is 12.5. The zero-order valence-electron chi connectivity index (χ0n) is 13.0. The second-order valence-corrected chi connectivity index (χ2v) is 5.09. The van der Waals surface area contributed by atoms with E-state index in [9.17, 15) is 14.9 Å². The number of carbonyl (C=O) groups is 1. The molecule has 0 aliphatic carbocycles. The Morgan fingerprint density at radius 1 is 1.36 bits per heavy atom. The van der Waals surface area contributed by atoms with Gasteiger partial charge in [-0.2, -0.15) is 5.10 Å². The molecule has 1 heterocycles. The van der Waals surface area contributed by atoms with E-state index in [-0.39, 0.29) is 17.3 Å². The number of benzene rings is 1. The van der Waals surface area contributed by atoms with Crippen LogP contribution in [0.4, 0.5) is 11.4 Å². The molecule has 2 aromatic rings. The van der Waals surface area contributed by atoms with Gasteiger partial charge >= 0.3 is 0 Å². The second-order valence-electron chi connectivity index (χ2n) is 5.09. The third-order valence-electron chi connectivity index (χ3n) is 3.51. The predicted octanol–water partition coefficient (Wildman–Crippen LogP) is 2.99. The van der Waals surface area contributed by atoms with Gasteiger partial charge in [-0.3, -0.25) is 19.6 Å². The normalized spacial score (nSPS) is 10.5. The zero-order chi connectivity index (χ0) is 16.4. The number of carbonyl (C=O) groups excluding carboxylic acids is 1. The van der Waals surface area contributed by atoms with E-state index in [1.54, 1.807) is 30.7 Å². The van der Waals surface area contributed by atoms with Crippen LogP contribution in [0.2, 0.25) is 0 Å². The molecule has 0 bridgehead atoms. The fourth-order valence-electron chi connectivity index (χ4n) is 2.42. The van der Waals surface area contributed by atoms with Gasteiger partial charge in [0.15, 0.2) is 0 Å². The average Bonchev–Trinajstić information content (AvgIpc) is 2.75. The maximum atomic E-state index is 12.5. The van der Waals surface area contributed by atoms with Crippen molar-refractivity contribution in [3.8, 4) is 0 Å². The van der Waals surface area contributed by atoms with E-state index in [4.69, 9.17) is 0 Å². The molecule has 1 aromatic carbocycles. The number of anilines is 1. The van der Waals surface area contributed by atoms with Crippen LogP contribution in [-0.2, 0) is 6.54 Å². The summed E-state index contributed by atoms with van der Waals surface area (Å²) in [6.07, 6.45) is 0. The molecule has 0 spiro atoms.